The maximum Gasteiger partial charge on any atom is 0.309 e. The van der Waals surface area contributed by atoms with E-state index in [-0.39, 0.29) is 34.7 Å². The number of rotatable bonds is 2. The summed E-state index contributed by atoms with van der Waals surface area (Å²) in [6, 6.07) is 0. The van der Waals surface area contributed by atoms with Crippen molar-refractivity contribution in [3.8, 4) is 0 Å². The summed E-state index contributed by atoms with van der Waals surface area (Å²) in [4.78, 5) is 12.5. The van der Waals surface area contributed by atoms with Gasteiger partial charge >= 0.3 is 5.97 Å². The van der Waals surface area contributed by atoms with E-state index >= 15 is 0 Å². The molecule has 3 saturated carbocycles. The van der Waals surface area contributed by atoms with Crippen molar-refractivity contribution in [3.05, 3.63) is 0 Å². The molecule has 2 saturated heterocycles. The van der Waals surface area contributed by atoms with Gasteiger partial charge in [-0.3, -0.25) is 4.79 Å². The fourth-order valence-corrected chi connectivity index (χ4v) is 7.60. The third-order valence-corrected chi connectivity index (χ3v) is 9.08. The van der Waals surface area contributed by atoms with Crippen LogP contribution in [0.3, 0.4) is 0 Å². The minimum Gasteiger partial charge on any atom is -0.462 e. The van der Waals surface area contributed by atoms with Crippen LogP contribution >= 0.6 is 0 Å². The first-order valence-electron chi connectivity index (χ1n) is 10.6. The standard InChI is InChI=1S/C21H31NO5/c1-19(6-3-13-11-17(19)18(23)27-13)15-4-7-20(2)16(14(15)12-22-24)5-8-21(20)25-9-10-26-21/h12-17,24H,3-11H2,1-2H3/b22-12+/t13-,14?,15?,16?,17+,19+,20?/m0/s1. The summed E-state index contributed by atoms with van der Waals surface area (Å²) < 4.78 is 17.9. The highest BCUT2D eigenvalue weighted by atomic mass is 16.7. The van der Waals surface area contributed by atoms with Gasteiger partial charge in [-0.1, -0.05) is 13.8 Å². The predicted molar refractivity (Wildman–Crippen MR) is 97.3 cm³/mol. The molecule has 0 aromatic carbocycles. The molecule has 5 fully saturated rings. The average molecular weight is 377 g/mol. The molecule has 27 heavy (non-hydrogen) atoms. The molecule has 5 aliphatic rings. The Hall–Kier alpha value is -1.14. The molecule has 6 heteroatoms. The van der Waals surface area contributed by atoms with Gasteiger partial charge < -0.3 is 19.4 Å². The van der Waals surface area contributed by atoms with Gasteiger partial charge in [-0.05, 0) is 55.8 Å². The summed E-state index contributed by atoms with van der Waals surface area (Å²) in [5.41, 5.74) is -0.167. The number of esters is 1. The van der Waals surface area contributed by atoms with Crippen LogP contribution in [0, 0.1) is 34.5 Å². The van der Waals surface area contributed by atoms with E-state index in [9.17, 15) is 10.0 Å². The van der Waals surface area contributed by atoms with Gasteiger partial charge in [0.05, 0.1) is 19.1 Å². The van der Waals surface area contributed by atoms with Crippen molar-refractivity contribution in [3.63, 3.8) is 0 Å². The van der Waals surface area contributed by atoms with Crippen LogP contribution in [0.4, 0.5) is 0 Å². The van der Waals surface area contributed by atoms with Crippen molar-refractivity contribution in [1.29, 1.82) is 0 Å². The maximum absolute atomic E-state index is 12.5. The number of ether oxygens (including phenoxy) is 3. The zero-order chi connectivity index (χ0) is 18.9. The van der Waals surface area contributed by atoms with Crippen LogP contribution in [0.5, 0.6) is 0 Å². The largest absolute Gasteiger partial charge is 0.462 e. The molecule has 5 rings (SSSR count). The van der Waals surface area contributed by atoms with E-state index in [2.05, 4.69) is 19.0 Å². The van der Waals surface area contributed by atoms with Gasteiger partial charge in [0.15, 0.2) is 5.79 Å². The maximum atomic E-state index is 12.5. The molecule has 0 aromatic heterocycles. The summed E-state index contributed by atoms with van der Waals surface area (Å²) in [6.07, 6.45) is 8.63. The van der Waals surface area contributed by atoms with Crippen LogP contribution in [0.25, 0.3) is 0 Å². The summed E-state index contributed by atoms with van der Waals surface area (Å²) in [5.74, 6) is 0.287. The molecule has 3 aliphatic carbocycles. The lowest BCUT2D eigenvalue weighted by molar-refractivity contribution is -0.239. The lowest BCUT2D eigenvalue weighted by atomic mass is 9.49. The van der Waals surface area contributed by atoms with Crippen LogP contribution in [0.2, 0.25) is 0 Å². The first kappa shape index (κ1) is 17.9. The van der Waals surface area contributed by atoms with Crippen LogP contribution in [0.15, 0.2) is 5.16 Å². The molecule has 0 aromatic rings. The lowest BCUT2D eigenvalue weighted by Gasteiger charge is -2.55. The van der Waals surface area contributed by atoms with E-state index in [1.54, 1.807) is 6.21 Å². The summed E-state index contributed by atoms with van der Waals surface area (Å²) in [7, 11) is 0. The van der Waals surface area contributed by atoms with Crippen LogP contribution in [-0.4, -0.2) is 42.5 Å². The lowest BCUT2D eigenvalue weighted by Crippen LogP contribution is -2.55. The second kappa shape index (κ2) is 5.93. The van der Waals surface area contributed by atoms with Crippen LogP contribution < -0.4 is 0 Å². The molecule has 1 N–H and O–H groups in total. The summed E-state index contributed by atoms with van der Waals surface area (Å²) >= 11 is 0. The molecular formula is C21H31NO5. The number of nitrogens with zero attached hydrogens (tertiary/aromatic N) is 1. The molecule has 2 bridgehead atoms. The van der Waals surface area contributed by atoms with E-state index < -0.39 is 5.79 Å². The Kier molecular flexibility index (Phi) is 3.94. The van der Waals surface area contributed by atoms with Gasteiger partial charge in [-0.25, -0.2) is 0 Å². The monoisotopic (exact) mass is 377 g/mol. The van der Waals surface area contributed by atoms with Crippen LogP contribution in [-0.2, 0) is 19.0 Å². The Labute approximate surface area is 160 Å². The molecule has 1 spiro atoms. The minimum atomic E-state index is -0.477. The van der Waals surface area contributed by atoms with Crippen molar-refractivity contribution in [1.82, 2.24) is 0 Å². The van der Waals surface area contributed by atoms with E-state index in [1.165, 1.54) is 0 Å². The van der Waals surface area contributed by atoms with Gasteiger partial charge in [0, 0.05) is 24.0 Å². The molecule has 0 radical (unpaired) electrons. The molecular weight excluding hydrogens is 346 g/mol. The van der Waals surface area contributed by atoms with E-state index in [4.69, 9.17) is 14.2 Å². The van der Waals surface area contributed by atoms with Gasteiger partial charge in [0.2, 0.25) is 0 Å². The molecule has 2 aliphatic heterocycles. The summed E-state index contributed by atoms with van der Waals surface area (Å²) in [6.45, 7) is 5.90. The van der Waals surface area contributed by atoms with E-state index in [0.29, 0.717) is 25.0 Å². The van der Waals surface area contributed by atoms with E-state index in [1.807, 2.05) is 0 Å². The number of carbonyl (C=O) groups is 1. The van der Waals surface area contributed by atoms with Crippen molar-refractivity contribution in [2.24, 2.45) is 39.7 Å². The van der Waals surface area contributed by atoms with Crippen molar-refractivity contribution >= 4 is 12.2 Å². The first-order valence-corrected chi connectivity index (χ1v) is 10.6. The molecule has 7 atom stereocenters. The smallest absolute Gasteiger partial charge is 0.309 e. The number of fused-ring (bicyclic) bond motifs is 4. The van der Waals surface area contributed by atoms with Gasteiger partial charge in [-0.15, -0.1) is 5.16 Å². The Balaban J connectivity index is 1.50. The third-order valence-electron chi connectivity index (χ3n) is 9.08. The van der Waals surface area contributed by atoms with Crippen molar-refractivity contribution < 1.29 is 24.2 Å². The first-order chi connectivity index (χ1) is 12.9. The highest BCUT2D eigenvalue weighted by Crippen LogP contribution is 2.66. The average Bonchev–Trinajstić information content (AvgIpc) is 3.32. The van der Waals surface area contributed by atoms with Crippen molar-refractivity contribution in [2.75, 3.05) is 13.2 Å². The van der Waals surface area contributed by atoms with E-state index in [0.717, 1.165) is 44.9 Å². The topological polar surface area (TPSA) is 77.4 Å². The molecule has 150 valence electrons. The van der Waals surface area contributed by atoms with Gasteiger partial charge in [0.1, 0.15) is 6.10 Å². The second-order valence-electron chi connectivity index (χ2n) is 9.89. The number of hydrogen-bond acceptors (Lipinski definition) is 6. The molecule has 6 nitrogen and oxygen atoms in total. The number of carbonyl (C=O) groups excluding carboxylic acids is 1. The SMILES string of the molecule is CC12CCC([C@@]3(C)CC[C@H]4C[C@@H]3C(=O)O4)C(/C=N/O)C1CCC21OCCO1. The zero-order valence-electron chi connectivity index (χ0n) is 16.4. The predicted octanol–water partition coefficient (Wildman–Crippen LogP) is 3.36. The zero-order valence-corrected chi connectivity index (χ0v) is 16.4. The Morgan fingerprint density at radius 2 is 1.81 bits per heavy atom. The Morgan fingerprint density at radius 3 is 2.56 bits per heavy atom. The molecule has 4 unspecified atom stereocenters. The highest BCUT2D eigenvalue weighted by molar-refractivity contribution is 5.76. The van der Waals surface area contributed by atoms with Gasteiger partial charge in [0.25, 0.3) is 0 Å². The van der Waals surface area contributed by atoms with Gasteiger partial charge in [-0.2, -0.15) is 0 Å². The number of oxime groups is 1. The summed E-state index contributed by atoms with van der Waals surface area (Å²) in [5, 5.41) is 13.0. The normalized spacial score (nSPS) is 51.0. The molecule has 2 heterocycles. The third kappa shape index (κ3) is 2.26. The minimum absolute atomic E-state index is 0.0154. The fraction of sp³-hybridized carbons (Fsp3) is 0.905. The fourth-order valence-electron chi connectivity index (χ4n) is 7.60. The van der Waals surface area contributed by atoms with Crippen LogP contribution in [0.1, 0.15) is 58.8 Å². The Morgan fingerprint density at radius 1 is 1.07 bits per heavy atom. The number of hydrogen-bond donors (Lipinski definition) is 1. The Bertz CT molecular complexity index is 659. The quantitative estimate of drug-likeness (QED) is 0.346. The van der Waals surface area contributed by atoms with Crippen molar-refractivity contribution in [2.45, 2.75) is 70.7 Å². The second-order valence-corrected chi connectivity index (χ2v) is 9.89. The highest BCUT2D eigenvalue weighted by Gasteiger charge is 2.67. The molecule has 0 amide bonds.